The second-order valence-corrected chi connectivity index (χ2v) is 6.92. The number of benzene rings is 2. The molecule has 26 heavy (non-hydrogen) atoms. The molecule has 1 aliphatic heterocycles. The smallest absolute Gasteiger partial charge is 0.279 e. The van der Waals surface area contributed by atoms with Gasteiger partial charge >= 0.3 is 0 Å². The van der Waals surface area contributed by atoms with Crippen molar-refractivity contribution >= 4 is 11.6 Å². The van der Waals surface area contributed by atoms with Gasteiger partial charge in [0, 0.05) is 16.8 Å². The van der Waals surface area contributed by atoms with Gasteiger partial charge in [-0.1, -0.05) is 42.5 Å². The topological polar surface area (TPSA) is 59.4 Å². The Labute approximate surface area is 155 Å². The minimum atomic E-state index is 0.0272. The van der Waals surface area contributed by atoms with Gasteiger partial charge in [-0.05, 0) is 19.1 Å². The van der Waals surface area contributed by atoms with E-state index in [4.69, 9.17) is 4.74 Å². The van der Waals surface area contributed by atoms with Crippen LogP contribution in [-0.2, 0) is 16.1 Å². The number of hydrogen-bond acceptors (Lipinski definition) is 2. The molecule has 5 nitrogen and oxygen atoms in total. The number of nitrogens with one attached hydrogen (secondary N) is 2. The Kier molecular flexibility index (Phi) is 6.77. The van der Waals surface area contributed by atoms with Crippen LogP contribution in [0.15, 0.2) is 54.6 Å². The molecular formula is C21H29N3O2+2. The van der Waals surface area contributed by atoms with Crippen LogP contribution >= 0.6 is 0 Å². The minimum absolute atomic E-state index is 0.0272. The quantitative estimate of drug-likeness (QED) is 0.672. The van der Waals surface area contributed by atoms with E-state index in [-0.39, 0.29) is 11.9 Å². The lowest BCUT2D eigenvalue weighted by Gasteiger charge is -2.23. The van der Waals surface area contributed by atoms with E-state index in [0.717, 1.165) is 38.5 Å². The van der Waals surface area contributed by atoms with Crippen molar-refractivity contribution in [2.45, 2.75) is 19.5 Å². The fourth-order valence-electron chi connectivity index (χ4n) is 3.22. The summed E-state index contributed by atoms with van der Waals surface area (Å²) in [4.78, 5) is 13.7. The van der Waals surface area contributed by atoms with Crippen molar-refractivity contribution in [2.75, 3.05) is 38.2 Å². The molecule has 3 rings (SSSR count). The first-order valence-electron chi connectivity index (χ1n) is 9.39. The number of hydrogen-bond donors (Lipinski definition) is 3. The van der Waals surface area contributed by atoms with Crippen LogP contribution in [0.5, 0.6) is 0 Å². The number of quaternary nitrogens is 2. The molecule has 0 aromatic heterocycles. The van der Waals surface area contributed by atoms with Gasteiger partial charge in [-0.2, -0.15) is 0 Å². The summed E-state index contributed by atoms with van der Waals surface area (Å²) in [7, 11) is 0. The number of amides is 1. The maximum Gasteiger partial charge on any atom is 0.279 e. The SMILES string of the molecule is C[C@H]([NH2+]CC(=O)Nc1ccc(C[NH+]2CCOCC2)cc1)c1ccccc1. The first-order valence-corrected chi connectivity index (χ1v) is 9.39. The maximum absolute atomic E-state index is 12.2. The summed E-state index contributed by atoms with van der Waals surface area (Å²) in [6.07, 6.45) is 0. The molecule has 1 amide bonds. The third-order valence-corrected chi connectivity index (χ3v) is 4.87. The standard InChI is InChI=1S/C21H27N3O2/c1-17(19-5-3-2-4-6-19)22-15-21(25)23-20-9-7-18(8-10-20)16-24-11-13-26-14-12-24/h2-10,17,22H,11-16H2,1H3,(H,23,25)/p+2/t17-/m0/s1. The number of rotatable bonds is 7. The summed E-state index contributed by atoms with van der Waals surface area (Å²) in [6, 6.07) is 18.7. The molecule has 0 spiro atoms. The van der Waals surface area contributed by atoms with E-state index < -0.39 is 0 Å². The Morgan fingerprint density at radius 3 is 2.50 bits per heavy atom. The van der Waals surface area contributed by atoms with E-state index in [1.807, 2.05) is 30.3 Å². The molecule has 1 aliphatic rings. The van der Waals surface area contributed by atoms with Crippen molar-refractivity contribution in [1.82, 2.24) is 0 Å². The largest absolute Gasteiger partial charge is 0.370 e. The van der Waals surface area contributed by atoms with E-state index in [0.29, 0.717) is 6.54 Å². The number of anilines is 1. The highest BCUT2D eigenvalue weighted by molar-refractivity contribution is 5.91. The van der Waals surface area contributed by atoms with Crippen LogP contribution < -0.4 is 15.5 Å². The van der Waals surface area contributed by atoms with Crippen LogP contribution in [0, 0.1) is 0 Å². The van der Waals surface area contributed by atoms with Crippen molar-refractivity contribution < 1.29 is 19.7 Å². The Morgan fingerprint density at radius 1 is 1.12 bits per heavy atom. The lowest BCUT2D eigenvalue weighted by Crippen LogP contribution is -3.12. The van der Waals surface area contributed by atoms with E-state index in [9.17, 15) is 4.79 Å². The maximum atomic E-state index is 12.2. The van der Waals surface area contributed by atoms with Crippen molar-refractivity contribution in [3.8, 4) is 0 Å². The molecule has 0 bridgehead atoms. The average Bonchev–Trinajstić information content (AvgIpc) is 2.69. The first kappa shape index (κ1) is 18.6. The molecule has 1 atom stereocenters. The molecule has 1 fully saturated rings. The van der Waals surface area contributed by atoms with Crippen molar-refractivity contribution in [1.29, 1.82) is 0 Å². The normalized spacial score (nSPS) is 16.2. The Morgan fingerprint density at radius 2 is 1.81 bits per heavy atom. The molecule has 0 unspecified atom stereocenters. The van der Waals surface area contributed by atoms with Gasteiger partial charge in [0.25, 0.3) is 5.91 Å². The lowest BCUT2D eigenvalue weighted by molar-refractivity contribution is -0.921. The highest BCUT2D eigenvalue weighted by Gasteiger charge is 2.14. The molecule has 2 aromatic carbocycles. The van der Waals surface area contributed by atoms with Crippen LogP contribution in [0.4, 0.5) is 5.69 Å². The predicted octanol–water partition coefficient (Wildman–Crippen LogP) is 0.365. The van der Waals surface area contributed by atoms with Crippen LogP contribution in [0.25, 0.3) is 0 Å². The number of carbonyl (C=O) groups excluding carboxylic acids is 1. The van der Waals surface area contributed by atoms with Crippen LogP contribution in [0.3, 0.4) is 0 Å². The number of carbonyl (C=O) groups is 1. The lowest BCUT2D eigenvalue weighted by atomic mass is 10.1. The van der Waals surface area contributed by atoms with Gasteiger partial charge in [0.2, 0.25) is 0 Å². The summed E-state index contributed by atoms with van der Waals surface area (Å²) in [5, 5.41) is 5.04. The van der Waals surface area contributed by atoms with Crippen LogP contribution in [0.2, 0.25) is 0 Å². The highest BCUT2D eigenvalue weighted by Crippen LogP contribution is 2.09. The highest BCUT2D eigenvalue weighted by atomic mass is 16.5. The number of morpholine rings is 1. The molecule has 2 aromatic rings. The average molecular weight is 355 g/mol. The molecule has 0 radical (unpaired) electrons. The fraction of sp³-hybridized carbons (Fsp3) is 0.381. The van der Waals surface area contributed by atoms with E-state index in [1.54, 1.807) is 4.90 Å². The third kappa shape index (κ3) is 5.66. The molecule has 0 aliphatic carbocycles. The fourth-order valence-corrected chi connectivity index (χ4v) is 3.22. The van der Waals surface area contributed by atoms with Gasteiger partial charge in [0.15, 0.2) is 6.54 Å². The molecule has 0 saturated carbocycles. The van der Waals surface area contributed by atoms with Gasteiger partial charge in [-0.3, -0.25) is 4.79 Å². The number of ether oxygens (including phenoxy) is 1. The van der Waals surface area contributed by atoms with Crippen LogP contribution in [-0.4, -0.2) is 38.8 Å². The third-order valence-electron chi connectivity index (χ3n) is 4.87. The van der Waals surface area contributed by atoms with Gasteiger partial charge in [-0.15, -0.1) is 0 Å². The summed E-state index contributed by atoms with van der Waals surface area (Å²) in [6.45, 7) is 7.37. The molecule has 5 heteroatoms. The predicted molar refractivity (Wildman–Crippen MR) is 102 cm³/mol. The molecule has 4 N–H and O–H groups in total. The molecule has 1 heterocycles. The molecule has 1 saturated heterocycles. The summed E-state index contributed by atoms with van der Waals surface area (Å²) in [5.41, 5.74) is 3.39. The van der Waals surface area contributed by atoms with Gasteiger partial charge in [0.05, 0.1) is 13.2 Å². The Balaban J connectivity index is 1.43. The zero-order valence-electron chi connectivity index (χ0n) is 15.4. The Hall–Kier alpha value is -2.21. The van der Waals surface area contributed by atoms with Gasteiger partial charge in [-0.25, -0.2) is 0 Å². The second kappa shape index (κ2) is 9.48. The van der Waals surface area contributed by atoms with E-state index in [2.05, 4.69) is 41.8 Å². The minimum Gasteiger partial charge on any atom is -0.370 e. The number of nitrogens with two attached hydrogens (primary N) is 1. The van der Waals surface area contributed by atoms with E-state index in [1.165, 1.54) is 11.1 Å². The summed E-state index contributed by atoms with van der Waals surface area (Å²) < 4.78 is 5.40. The van der Waals surface area contributed by atoms with Crippen molar-refractivity contribution in [3.63, 3.8) is 0 Å². The van der Waals surface area contributed by atoms with Crippen molar-refractivity contribution in [2.24, 2.45) is 0 Å². The molecule has 138 valence electrons. The van der Waals surface area contributed by atoms with Crippen LogP contribution in [0.1, 0.15) is 24.1 Å². The molecular weight excluding hydrogens is 326 g/mol. The monoisotopic (exact) mass is 355 g/mol. The zero-order valence-corrected chi connectivity index (χ0v) is 15.4. The zero-order chi connectivity index (χ0) is 18.2. The summed E-state index contributed by atoms with van der Waals surface area (Å²) in [5.74, 6) is 0.0272. The van der Waals surface area contributed by atoms with Gasteiger partial charge in [0.1, 0.15) is 25.7 Å². The second-order valence-electron chi connectivity index (χ2n) is 6.92. The van der Waals surface area contributed by atoms with Crippen molar-refractivity contribution in [3.05, 3.63) is 65.7 Å². The van der Waals surface area contributed by atoms with Gasteiger partial charge < -0.3 is 20.3 Å². The summed E-state index contributed by atoms with van der Waals surface area (Å²) >= 11 is 0. The first-order chi connectivity index (χ1) is 12.7. The Bertz CT molecular complexity index is 682. The van der Waals surface area contributed by atoms with E-state index >= 15 is 0 Å².